The highest BCUT2D eigenvalue weighted by Crippen LogP contribution is 2.18. The average Bonchev–Trinajstić information content (AvgIpc) is 2.36. The van der Waals surface area contributed by atoms with Gasteiger partial charge in [0.15, 0.2) is 0 Å². The predicted octanol–water partition coefficient (Wildman–Crippen LogP) is 0.916. The second-order valence-electron chi connectivity index (χ2n) is 5.14. The second kappa shape index (κ2) is 7.67. The molecule has 0 radical (unpaired) electrons. The molecule has 1 saturated heterocycles. The first-order valence-electron chi connectivity index (χ1n) is 6.83. The van der Waals surface area contributed by atoms with E-state index in [4.69, 9.17) is 5.73 Å². The van der Waals surface area contributed by atoms with Crippen LogP contribution in [-0.4, -0.2) is 55.5 Å². The summed E-state index contributed by atoms with van der Waals surface area (Å²) in [5.74, 6) is 0.849. The first kappa shape index (κ1) is 14.5. The van der Waals surface area contributed by atoms with Crippen molar-refractivity contribution in [2.24, 2.45) is 11.7 Å². The van der Waals surface area contributed by atoms with E-state index in [1.54, 1.807) is 0 Å². The van der Waals surface area contributed by atoms with Crippen LogP contribution in [0.3, 0.4) is 0 Å². The minimum Gasteiger partial charge on any atom is -0.342 e. The maximum Gasteiger partial charge on any atom is 0.236 e. The maximum atomic E-state index is 11.4. The molecule has 0 saturated carbocycles. The van der Waals surface area contributed by atoms with Gasteiger partial charge in [-0.05, 0) is 38.8 Å². The molecule has 1 fully saturated rings. The summed E-state index contributed by atoms with van der Waals surface area (Å²) in [7, 11) is 2.20. The van der Waals surface area contributed by atoms with Crippen LogP contribution in [0.4, 0.5) is 0 Å². The summed E-state index contributed by atoms with van der Waals surface area (Å²) in [6.45, 7) is 6.53. The molecule has 0 atom stereocenters. The van der Waals surface area contributed by atoms with Crippen molar-refractivity contribution in [3.63, 3.8) is 0 Å². The molecule has 0 aromatic heterocycles. The Balaban J connectivity index is 2.20. The van der Waals surface area contributed by atoms with E-state index in [2.05, 4.69) is 18.9 Å². The monoisotopic (exact) mass is 241 g/mol. The number of hydrogen-bond donors (Lipinski definition) is 1. The SMILES string of the molecule is CCCCN(C)CC1CCN(C(=O)CN)CC1. The van der Waals surface area contributed by atoms with Crippen molar-refractivity contribution in [1.82, 2.24) is 9.80 Å². The Morgan fingerprint density at radius 2 is 2.06 bits per heavy atom. The van der Waals surface area contributed by atoms with Crippen LogP contribution >= 0.6 is 0 Å². The number of carbonyl (C=O) groups excluding carboxylic acids is 1. The van der Waals surface area contributed by atoms with E-state index in [1.165, 1.54) is 25.9 Å². The predicted molar refractivity (Wildman–Crippen MR) is 70.8 cm³/mol. The Labute approximate surface area is 105 Å². The summed E-state index contributed by atoms with van der Waals surface area (Å²) in [6, 6.07) is 0. The van der Waals surface area contributed by atoms with Crippen LogP contribution in [-0.2, 0) is 4.79 Å². The third-order valence-electron chi connectivity index (χ3n) is 3.61. The molecule has 1 heterocycles. The lowest BCUT2D eigenvalue weighted by Crippen LogP contribution is -2.43. The fourth-order valence-electron chi connectivity index (χ4n) is 2.45. The van der Waals surface area contributed by atoms with E-state index in [0.29, 0.717) is 0 Å². The highest BCUT2D eigenvalue weighted by molar-refractivity contribution is 5.78. The van der Waals surface area contributed by atoms with Crippen molar-refractivity contribution in [3.8, 4) is 0 Å². The molecule has 17 heavy (non-hydrogen) atoms. The molecule has 0 unspecified atom stereocenters. The van der Waals surface area contributed by atoms with Gasteiger partial charge in [-0.15, -0.1) is 0 Å². The lowest BCUT2D eigenvalue weighted by Gasteiger charge is -2.33. The van der Waals surface area contributed by atoms with Gasteiger partial charge in [0.2, 0.25) is 5.91 Å². The molecule has 0 aromatic rings. The van der Waals surface area contributed by atoms with Crippen molar-refractivity contribution < 1.29 is 4.79 Å². The zero-order valence-corrected chi connectivity index (χ0v) is 11.3. The van der Waals surface area contributed by atoms with Gasteiger partial charge in [-0.2, -0.15) is 0 Å². The molecule has 1 aliphatic rings. The van der Waals surface area contributed by atoms with Gasteiger partial charge in [0.05, 0.1) is 6.54 Å². The standard InChI is InChI=1S/C13H27N3O/c1-3-4-7-15(2)11-12-5-8-16(9-6-12)13(17)10-14/h12H,3-11,14H2,1-2H3. The molecule has 0 aromatic carbocycles. The van der Waals surface area contributed by atoms with E-state index in [-0.39, 0.29) is 12.5 Å². The summed E-state index contributed by atoms with van der Waals surface area (Å²) in [6.07, 6.45) is 4.79. The first-order valence-corrected chi connectivity index (χ1v) is 6.83. The zero-order chi connectivity index (χ0) is 12.7. The minimum absolute atomic E-state index is 0.0998. The topological polar surface area (TPSA) is 49.6 Å². The minimum atomic E-state index is 0.0998. The molecular weight excluding hydrogens is 214 g/mol. The molecule has 2 N–H and O–H groups in total. The third kappa shape index (κ3) is 5.04. The van der Waals surface area contributed by atoms with Crippen molar-refractivity contribution in [2.75, 3.05) is 39.8 Å². The third-order valence-corrected chi connectivity index (χ3v) is 3.61. The lowest BCUT2D eigenvalue weighted by atomic mass is 9.96. The van der Waals surface area contributed by atoms with E-state index in [1.807, 2.05) is 4.90 Å². The molecular formula is C13H27N3O. The average molecular weight is 241 g/mol. The number of carbonyl (C=O) groups is 1. The van der Waals surface area contributed by atoms with Crippen molar-refractivity contribution in [3.05, 3.63) is 0 Å². The van der Waals surface area contributed by atoms with Gasteiger partial charge >= 0.3 is 0 Å². The van der Waals surface area contributed by atoms with E-state index in [0.717, 1.165) is 31.8 Å². The summed E-state index contributed by atoms with van der Waals surface area (Å²) in [5, 5.41) is 0. The zero-order valence-electron chi connectivity index (χ0n) is 11.3. The summed E-state index contributed by atoms with van der Waals surface area (Å²) in [4.78, 5) is 15.8. The van der Waals surface area contributed by atoms with Crippen LogP contribution in [0.15, 0.2) is 0 Å². The van der Waals surface area contributed by atoms with Crippen molar-refractivity contribution >= 4 is 5.91 Å². The molecule has 0 spiro atoms. The summed E-state index contributed by atoms with van der Waals surface area (Å²) >= 11 is 0. The van der Waals surface area contributed by atoms with Crippen LogP contribution in [0, 0.1) is 5.92 Å². The number of likely N-dealkylation sites (tertiary alicyclic amines) is 1. The number of nitrogens with zero attached hydrogens (tertiary/aromatic N) is 2. The highest BCUT2D eigenvalue weighted by Gasteiger charge is 2.22. The van der Waals surface area contributed by atoms with Crippen molar-refractivity contribution in [2.45, 2.75) is 32.6 Å². The van der Waals surface area contributed by atoms with Crippen LogP contribution in [0.1, 0.15) is 32.6 Å². The number of amides is 1. The van der Waals surface area contributed by atoms with Gasteiger partial charge in [0, 0.05) is 19.6 Å². The van der Waals surface area contributed by atoms with Crippen LogP contribution < -0.4 is 5.73 Å². The first-order chi connectivity index (χ1) is 8.17. The number of unbranched alkanes of at least 4 members (excludes halogenated alkanes) is 1. The number of nitrogens with two attached hydrogens (primary N) is 1. The van der Waals surface area contributed by atoms with Gasteiger partial charge in [0.25, 0.3) is 0 Å². The van der Waals surface area contributed by atoms with Crippen LogP contribution in [0.2, 0.25) is 0 Å². The molecule has 1 rings (SSSR count). The molecule has 4 nitrogen and oxygen atoms in total. The molecule has 0 bridgehead atoms. The fraction of sp³-hybridized carbons (Fsp3) is 0.923. The van der Waals surface area contributed by atoms with Gasteiger partial charge in [-0.3, -0.25) is 4.79 Å². The Morgan fingerprint density at radius 3 is 2.59 bits per heavy atom. The lowest BCUT2D eigenvalue weighted by molar-refractivity contribution is -0.131. The van der Waals surface area contributed by atoms with Gasteiger partial charge in [-0.25, -0.2) is 0 Å². The Bertz CT molecular complexity index is 225. The number of hydrogen-bond acceptors (Lipinski definition) is 3. The summed E-state index contributed by atoms with van der Waals surface area (Å²) < 4.78 is 0. The number of piperidine rings is 1. The van der Waals surface area contributed by atoms with Gasteiger partial charge in [0.1, 0.15) is 0 Å². The fourth-order valence-corrected chi connectivity index (χ4v) is 2.45. The molecule has 1 aliphatic heterocycles. The van der Waals surface area contributed by atoms with Gasteiger partial charge < -0.3 is 15.5 Å². The summed E-state index contributed by atoms with van der Waals surface area (Å²) in [5.41, 5.74) is 5.37. The Kier molecular flexibility index (Phi) is 6.52. The van der Waals surface area contributed by atoms with E-state index >= 15 is 0 Å². The smallest absolute Gasteiger partial charge is 0.236 e. The highest BCUT2D eigenvalue weighted by atomic mass is 16.2. The molecule has 0 aliphatic carbocycles. The molecule has 1 amide bonds. The van der Waals surface area contributed by atoms with Crippen LogP contribution in [0.25, 0.3) is 0 Å². The largest absolute Gasteiger partial charge is 0.342 e. The van der Waals surface area contributed by atoms with Crippen LogP contribution in [0.5, 0.6) is 0 Å². The quantitative estimate of drug-likeness (QED) is 0.752. The normalized spacial score (nSPS) is 17.8. The molecule has 4 heteroatoms. The Hall–Kier alpha value is -0.610. The van der Waals surface area contributed by atoms with E-state index in [9.17, 15) is 4.79 Å². The van der Waals surface area contributed by atoms with Crippen molar-refractivity contribution in [1.29, 1.82) is 0 Å². The Morgan fingerprint density at radius 1 is 1.41 bits per heavy atom. The number of rotatable bonds is 6. The van der Waals surface area contributed by atoms with Gasteiger partial charge in [-0.1, -0.05) is 13.3 Å². The maximum absolute atomic E-state index is 11.4. The van der Waals surface area contributed by atoms with E-state index < -0.39 is 0 Å². The molecule has 100 valence electrons. The second-order valence-corrected chi connectivity index (χ2v) is 5.14.